The second-order valence-electron chi connectivity index (χ2n) is 5.08. The zero-order chi connectivity index (χ0) is 16.3. The molecule has 0 fully saturated rings. The minimum absolute atomic E-state index is 0.107. The quantitative estimate of drug-likeness (QED) is 0.814. The molecule has 0 unspecified atom stereocenters. The SMILES string of the molecule is CCOC(=O)c1c(NC(=O)C(C)C)sc(C)c1-c1cccs1. The van der Waals surface area contributed by atoms with Crippen molar-refractivity contribution in [1.82, 2.24) is 0 Å². The summed E-state index contributed by atoms with van der Waals surface area (Å²) in [7, 11) is 0. The Morgan fingerprint density at radius 1 is 1.36 bits per heavy atom. The molecule has 6 heteroatoms. The Kier molecular flexibility index (Phi) is 5.37. The number of carbonyl (C=O) groups is 2. The highest BCUT2D eigenvalue weighted by Crippen LogP contribution is 2.42. The van der Waals surface area contributed by atoms with Gasteiger partial charge in [0.25, 0.3) is 0 Å². The summed E-state index contributed by atoms with van der Waals surface area (Å²) in [6.07, 6.45) is 0. The first kappa shape index (κ1) is 16.7. The second kappa shape index (κ2) is 7.07. The van der Waals surface area contributed by atoms with E-state index in [2.05, 4.69) is 5.32 Å². The first-order valence-electron chi connectivity index (χ1n) is 7.10. The van der Waals surface area contributed by atoms with Gasteiger partial charge in [-0.15, -0.1) is 22.7 Å². The van der Waals surface area contributed by atoms with E-state index >= 15 is 0 Å². The first-order valence-corrected chi connectivity index (χ1v) is 8.80. The Bertz CT molecular complexity index is 672. The van der Waals surface area contributed by atoms with Gasteiger partial charge >= 0.3 is 5.97 Å². The molecule has 2 rings (SSSR count). The molecule has 0 aliphatic rings. The average molecular weight is 337 g/mol. The number of anilines is 1. The van der Waals surface area contributed by atoms with Crippen LogP contribution in [-0.4, -0.2) is 18.5 Å². The molecule has 22 heavy (non-hydrogen) atoms. The number of aryl methyl sites for hydroxylation is 1. The van der Waals surface area contributed by atoms with E-state index in [1.165, 1.54) is 11.3 Å². The monoisotopic (exact) mass is 337 g/mol. The maximum Gasteiger partial charge on any atom is 0.341 e. The van der Waals surface area contributed by atoms with Gasteiger partial charge in [0.2, 0.25) is 5.91 Å². The lowest BCUT2D eigenvalue weighted by atomic mass is 10.1. The normalized spacial score (nSPS) is 10.8. The largest absolute Gasteiger partial charge is 0.462 e. The molecule has 1 amide bonds. The molecule has 4 nitrogen and oxygen atoms in total. The average Bonchev–Trinajstić information content (AvgIpc) is 3.06. The number of rotatable bonds is 5. The van der Waals surface area contributed by atoms with Gasteiger partial charge in [0.05, 0.1) is 6.61 Å². The van der Waals surface area contributed by atoms with Crippen LogP contribution in [0.5, 0.6) is 0 Å². The van der Waals surface area contributed by atoms with Crippen LogP contribution in [-0.2, 0) is 9.53 Å². The summed E-state index contributed by atoms with van der Waals surface area (Å²) in [6.45, 7) is 7.66. The molecule has 118 valence electrons. The molecule has 0 saturated carbocycles. The number of hydrogen-bond donors (Lipinski definition) is 1. The molecule has 2 aromatic rings. The number of carbonyl (C=O) groups excluding carboxylic acids is 2. The van der Waals surface area contributed by atoms with Gasteiger partial charge < -0.3 is 10.1 Å². The van der Waals surface area contributed by atoms with Crippen molar-refractivity contribution >= 4 is 39.6 Å². The van der Waals surface area contributed by atoms with E-state index in [9.17, 15) is 9.59 Å². The molecular weight excluding hydrogens is 318 g/mol. The van der Waals surface area contributed by atoms with Crippen molar-refractivity contribution in [3.05, 3.63) is 28.0 Å². The van der Waals surface area contributed by atoms with E-state index in [-0.39, 0.29) is 11.8 Å². The van der Waals surface area contributed by atoms with E-state index in [1.807, 2.05) is 38.3 Å². The van der Waals surface area contributed by atoms with Gasteiger partial charge in [0.15, 0.2) is 0 Å². The van der Waals surface area contributed by atoms with Crippen LogP contribution in [0, 0.1) is 12.8 Å². The van der Waals surface area contributed by atoms with Crippen molar-refractivity contribution < 1.29 is 14.3 Å². The lowest BCUT2D eigenvalue weighted by Crippen LogP contribution is -2.19. The predicted molar refractivity (Wildman–Crippen MR) is 91.8 cm³/mol. The molecule has 0 spiro atoms. The van der Waals surface area contributed by atoms with Crippen LogP contribution in [0.2, 0.25) is 0 Å². The summed E-state index contributed by atoms with van der Waals surface area (Å²) in [4.78, 5) is 26.4. The number of nitrogens with one attached hydrogen (secondary N) is 1. The summed E-state index contributed by atoms with van der Waals surface area (Å²) >= 11 is 2.98. The van der Waals surface area contributed by atoms with Crippen molar-refractivity contribution in [1.29, 1.82) is 0 Å². The van der Waals surface area contributed by atoms with Gasteiger partial charge in [-0.3, -0.25) is 4.79 Å². The Morgan fingerprint density at radius 3 is 2.64 bits per heavy atom. The predicted octanol–water partition coefficient (Wildman–Crippen LogP) is 4.56. The molecule has 0 aliphatic heterocycles. The molecule has 0 aromatic carbocycles. The van der Waals surface area contributed by atoms with Gasteiger partial charge in [-0.25, -0.2) is 4.79 Å². The van der Waals surface area contributed by atoms with Crippen molar-refractivity contribution in [3.8, 4) is 10.4 Å². The van der Waals surface area contributed by atoms with E-state index in [0.717, 1.165) is 15.3 Å². The van der Waals surface area contributed by atoms with Crippen LogP contribution in [0.4, 0.5) is 5.00 Å². The molecule has 0 radical (unpaired) electrons. The fourth-order valence-corrected chi connectivity index (χ4v) is 3.96. The molecule has 1 N–H and O–H groups in total. The Hall–Kier alpha value is -1.66. The third-order valence-electron chi connectivity index (χ3n) is 3.09. The van der Waals surface area contributed by atoms with Crippen LogP contribution in [0.15, 0.2) is 17.5 Å². The van der Waals surface area contributed by atoms with Crippen LogP contribution >= 0.6 is 22.7 Å². The van der Waals surface area contributed by atoms with Crippen LogP contribution in [0.25, 0.3) is 10.4 Å². The van der Waals surface area contributed by atoms with E-state index in [1.54, 1.807) is 18.3 Å². The summed E-state index contributed by atoms with van der Waals surface area (Å²) in [6, 6.07) is 3.91. The van der Waals surface area contributed by atoms with Gasteiger partial charge in [0.1, 0.15) is 10.6 Å². The third-order valence-corrected chi connectivity index (χ3v) is 5.00. The standard InChI is InChI=1S/C16H19NO3S2/c1-5-20-16(19)13-12(11-7-6-8-21-11)10(4)22-15(13)17-14(18)9(2)3/h6-9H,5H2,1-4H3,(H,17,18). The number of esters is 1. The van der Waals surface area contributed by atoms with Crippen molar-refractivity contribution in [2.24, 2.45) is 5.92 Å². The number of amides is 1. The molecule has 0 atom stereocenters. The summed E-state index contributed by atoms with van der Waals surface area (Å²) in [5.74, 6) is -0.651. The van der Waals surface area contributed by atoms with Crippen molar-refractivity contribution in [2.45, 2.75) is 27.7 Å². The fraction of sp³-hybridized carbons (Fsp3) is 0.375. The number of hydrogen-bond acceptors (Lipinski definition) is 5. The molecule has 0 aliphatic carbocycles. The highest BCUT2D eigenvalue weighted by Gasteiger charge is 2.26. The Morgan fingerprint density at radius 2 is 2.09 bits per heavy atom. The number of ether oxygens (including phenoxy) is 1. The van der Waals surface area contributed by atoms with Crippen molar-refractivity contribution in [3.63, 3.8) is 0 Å². The van der Waals surface area contributed by atoms with Gasteiger partial charge in [-0.2, -0.15) is 0 Å². The molecule has 0 bridgehead atoms. The van der Waals surface area contributed by atoms with Gasteiger partial charge in [0, 0.05) is 21.2 Å². The van der Waals surface area contributed by atoms with E-state index < -0.39 is 5.97 Å². The fourth-order valence-electron chi connectivity index (χ4n) is 2.00. The third kappa shape index (κ3) is 3.39. The highest BCUT2D eigenvalue weighted by atomic mass is 32.1. The minimum Gasteiger partial charge on any atom is -0.462 e. The maximum absolute atomic E-state index is 12.4. The molecule has 0 saturated heterocycles. The summed E-state index contributed by atoms with van der Waals surface area (Å²) in [5.41, 5.74) is 1.32. The van der Waals surface area contributed by atoms with Gasteiger partial charge in [-0.05, 0) is 25.3 Å². The van der Waals surface area contributed by atoms with E-state index in [0.29, 0.717) is 17.2 Å². The Balaban J connectivity index is 2.52. The minimum atomic E-state index is -0.394. The Labute approximate surface area is 138 Å². The lowest BCUT2D eigenvalue weighted by Gasteiger charge is -2.09. The molecule has 2 heterocycles. The van der Waals surface area contributed by atoms with E-state index in [4.69, 9.17) is 4.74 Å². The second-order valence-corrected chi connectivity index (χ2v) is 7.25. The van der Waals surface area contributed by atoms with Crippen LogP contribution in [0.3, 0.4) is 0 Å². The van der Waals surface area contributed by atoms with Crippen molar-refractivity contribution in [2.75, 3.05) is 11.9 Å². The molecular formula is C16H19NO3S2. The first-order chi connectivity index (χ1) is 10.5. The summed E-state index contributed by atoms with van der Waals surface area (Å²) < 4.78 is 5.18. The topological polar surface area (TPSA) is 55.4 Å². The highest BCUT2D eigenvalue weighted by molar-refractivity contribution is 7.18. The van der Waals surface area contributed by atoms with Crippen LogP contribution < -0.4 is 5.32 Å². The number of thiophene rings is 2. The zero-order valence-corrected chi connectivity index (χ0v) is 14.7. The zero-order valence-electron chi connectivity index (χ0n) is 13.1. The molecule has 2 aromatic heterocycles. The van der Waals surface area contributed by atoms with Gasteiger partial charge in [-0.1, -0.05) is 19.9 Å². The summed E-state index contributed by atoms with van der Waals surface area (Å²) in [5, 5.41) is 5.39. The smallest absolute Gasteiger partial charge is 0.341 e. The maximum atomic E-state index is 12.4. The van der Waals surface area contributed by atoms with Crippen LogP contribution in [0.1, 0.15) is 36.0 Å². The lowest BCUT2D eigenvalue weighted by molar-refractivity contribution is -0.118.